The van der Waals surface area contributed by atoms with Crippen molar-refractivity contribution in [3.8, 4) is 0 Å². The number of hydrogen-bond donors (Lipinski definition) is 3. The number of anilines is 1. The Hall–Kier alpha value is -1.67. The highest BCUT2D eigenvalue weighted by Crippen LogP contribution is 2.17. The maximum absolute atomic E-state index is 12.0. The van der Waals surface area contributed by atoms with E-state index in [2.05, 4.69) is 36.8 Å². The van der Waals surface area contributed by atoms with Crippen LogP contribution in [0, 0.1) is 0 Å². The number of amides is 1. The monoisotopic (exact) mass is 506 g/mol. The number of nitrogens with one attached hydrogen (secondary N) is 3. The van der Waals surface area contributed by atoms with Crippen LogP contribution < -0.4 is 26.1 Å². The second-order valence-corrected chi connectivity index (χ2v) is 9.49. The zero-order valence-electron chi connectivity index (χ0n) is 17.4. The van der Waals surface area contributed by atoms with E-state index >= 15 is 0 Å². The Balaban J connectivity index is 0.000000194. The van der Waals surface area contributed by atoms with Crippen molar-refractivity contribution in [2.24, 2.45) is 0 Å². The summed E-state index contributed by atoms with van der Waals surface area (Å²) in [6.07, 6.45) is 2.69. The van der Waals surface area contributed by atoms with Crippen molar-refractivity contribution in [1.29, 1.82) is 0 Å². The molecule has 2 aliphatic heterocycles. The van der Waals surface area contributed by atoms with Gasteiger partial charge >= 0.3 is 8.03 Å². The molecule has 2 aromatic rings. The Bertz CT molecular complexity index is 871. The molecule has 2 heterocycles. The molecule has 1 amide bonds. The molecule has 2 aliphatic rings. The van der Waals surface area contributed by atoms with Gasteiger partial charge in [-0.2, -0.15) is 0 Å². The van der Waals surface area contributed by atoms with E-state index in [9.17, 15) is 14.3 Å². The second kappa shape index (κ2) is 12.4. The van der Waals surface area contributed by atoms with E-state index in [0.29, 0.717) is 11.3 Å². The summed E-state index contributed by atoms with van der Waals surface area (Å²) in [7, 11) is -2.69. The molecule has 1 atom stereocenters. The van der Waals surface area contributed by atoms with Crippen molar-refractivity contribution in [1.82, 2.24) is 15.5 Å². The van der Waals surface area contributed by atoms with Gasteiger partial charge in [0, 0.05) is 54.0 Å². The van der Waals surface area contributed by atoms with Crippen molar-refractivity contribution >= 4 is 40.9 Å². The fraction of sp³-hybridized carbons (Fsp3) is 0.409. The molecule has 31 heavy (non-hydrogen) atoms. The van der Waals surface area contributed by atoms with Crippen LogP contribution >= 0.6 is 24.0 Å². The van der Waals surface area contributed by atoms with E-state index < -0.39 is 8.03 Å². The van der Waals surface area contributed by atoms with Gasteiger partial charge in [0.15, 0.2) is 5.30 Å². The van der Waals surface area contributed by atoms with E-state index in [0.717, 1.165) is 10.5 Å². The fourth-order valence-corrected chi connectivity index (χ4v) is 4.60. The third kappa shape index (κ3) is 7.75. The average Bonchev–Trinajstić information content (AvgIpc) is 2.81. The van der Waals surface area contributed by atoms with Crippen LogP contribution in [0.25, 0.3) is 0 Å². The molecule has 0 saturated carbocycles. The first-order chi connectivity index (χ1) is 15.0. The highest BCUT2D eigenvalue weighted by molar-refractivity contribution is 9.10. The Morgan fingerprint density at radius 1 is 1.03 bits per heavy atom. The van der Waals surface area contributed by atoms with Gasteiger partial charge in [-0.15, -0.1) is 0 Å². The molecule has 0 radical (unpaired) electrons. The van der Waals surface area contributed by atoms with Crippen molar-refractivity contribution in [2.45, 2.75) is 18.9 Å². The molecule has 0 aromatic heterocycles. The van der Waals surface area contributed by atoms with Crippen LogP contribution in [0.1, 0.15) is 23.2 Å². The Morgan fingerprint density at radius 3 is 2.39 bits per heavy atom. The molecule has 0 bridgehead atoms. The van der Waals surface area contributed by atoms with Crippen molar-refractivity contribution in [3.05, 3.63) is 58.6 Å². The summed E-state index contributed by atoms with van der Waals surface area (Å²) < 4.78 is 11.7. The Kier molecular flexibility index (Phi) is 9.58. The zero-order valence-corrected chi connectivity index (χ0v) is 19.8. The second-order valence-electron chi connectivity index (χ2n) is 7.54. The Labute approximate surface area is 192 Å². The van der Waals surface area contributed by atoms with Gasteiger partial charge in [-0.25, -0.2) is 0 Å². The van der Waals surface area contributed by atoms with E-state index in [4.69, 9.17) is 0 Å². The third-order valence-corrected chi connectivity index (χ3v) is 6.57. The van der Waals surface area contributed by atoms with Crippen molar-refractivity contribution in [3.63, 3.8) is 0 Å². The van der Waals surface area contributed by atoms with Gasteiger partial charge in [0.1, 0.15) is 0 Å². The molecule has 1 unspecified atom stereocenters. The molecule has 166 valence electrons. The number of piperidine rings is 1. The first-order valence-electron chi connectivity index (χ1n) is 10.5. The molecule has 0 spiro atoms. The molecule has 4 rings (SSSR count). The first-order valence-corrected chi connectivity index (χ1v) is 12.5. The topological polar surface area (TPSA) is 96.5 Å². The normalized spacial score (nSPS) is 17.9. The van der Waals surface area contributed by atoms with E-state index in [-0.39, 0.29) is 11.2 Å². The quantitative estimate of drug-likeness (QED) is 0.549. The van der Waals surface area contributed by atoms with Crippen molar-refractivity contribution < 1.29 is 14.3 Å². The largest absolute Gasteiger partial charge is 0.591 e. The van der Waals surface area contributed by atoms with Gasteiger partial charge in [0.05, 0.1) is 0 Å². The molecule has 0 aliphatic carbocycles. The van der Waals surface area contributed by atoms with Crippen LogP contribution in [0.3, 0.4) is 0 Å². The number of carbonyl (C=O) groups excluding carboxylic acids is 1. The third-order valence-electron chi connectivity index (χ3n) is 5.38. The maximum Gasteiger partial charge on any atom is 0.348 e. The molecule has 2 fully saturated rings. The number of carbonyl (C=O) groups is 1. The number of rotatable bonds is 4. The fourth-order valence-electron chi connectivity index (χ4n) is 3.75. The molecule has 2 aromatic carbocycles. The minimum atomic E-state index is -2.69. The summed E-state index contributed by atoms with van der Waals surface area (Å²) in [4.78, 5) is 25.5. The lowest BCUT2D eigenvalue weighted by atomic mass is 10.0. The summed E-state index contributed by atoms with van der Waals surface area (Å²) in [6.45, 7) is 7.31. The first kappa shape index (κ1) is 24.0. The van der Waals surface area contributed by atoms with Gasteiger partial charge in [-0.1, -0.05) is 32.6 Å². The number of hydrogen-bond acceptors (Lipinski definition) is 6. The predicted octanol–water partition coefficient (Wildman–Crippen LogP) is 2.07. The summed E-state index contributed by atoms with van der Waals surface area (Å²) in [6, 6.07) is 13.9. The minimum absolute atomic E-state index is 0.122. The number of nitrogens with zero attached hydrogens (tertiary/aromatic N) is 1. The van der Waals surface area contributed by atoms with Gasteiger partial charge in [-0.05, 0) is 56.3 Å². The SMILES string of the molecule is C1CC(N2CCNCC2)CCN1.O=C(Nc1cccc(Br)c1)c1cccc([P+](=O)[O-])c1. The van der Waals surface area contributed by atoms with Crippen LogP contribution in [0.2, 0.25) is 0 Å². The van der Waals surface area contributed by atoms with Crippen molar-refractivity contribution in [2.75, 3.05) is 44.6 Å². The lowest BCUT2D eigenvalue weighted by Gasteiger charge is -2.37. The molecular formula is C22H28BrN4O3P. The van der Waals surface area contributed by atoms with Crippen LogP contribution in [0.4, 0.5) is 5.69 Å². The van der Waals surface area contributed by atoms with Gasteiger partial charge in [0.25, 0.3) is 5.91 Å². The van der Waals surface area contributed by atoms with E-state index in [1.54, 1.807) is 24.3 Å². The predicted molar refractivity (Wildman–Crippen MR) is 126 cm³/mol. The van der Waals surface area contributed by atoms with Gasteiger partial charge < -0.3 is 20.8 Å². The standard InChI is InChI=1S/C13H9BrNO3P.C9H19N3/c14-10-4-2-5-11(8-10)15-13(16)9-3-1-6-12(7-9)19(17)18;1-3-10-4-2-9(1)12-7-5-11-6-8-12/h1-8H,(H,15,16);9-11H,1-8H2. The molecule has 3 N–H and O–H groups in total. The number of halogens is 1. The van der Waals surface area contributed by atoms with E-state index in [1.165, 1.54) is 70.3 Å². The number of benzene rings is 2. The van der Waals surface area contributed by atoms with Gasteiger partial charge in [-0.3, -0.25) is 9.69 Å². The summed E-state index contributed by atoms with van der Waals surface area (Å²) in [5, 5.41) is 9.63. The maximum atomic E-state index is 12.0. The van der Waals surface area contributed by atoms with Crippen LogP contribution in [-0.2, 0) is 4.57 Å². The molecule has 2 saturated heterocycles. The number of piperazine rings is 1. The van der Waals surface area contributed by atoms with E-state index in [1.807, 2.05) is 6.07 Å². The van der Waals surface area contributed by atoms with Gasteiger partial charge in [0.2, 0.25) is 0 Å². The summed E-state index contributed by atoms with van der Waals surface area (Å²) in [5.74, 6) is -0.350. The molecule has 7 nitrogen and oxygen atoms in total. The lowest BCUT2D eigenvalue weighted by molar-refractivity contribution is -0.160. The molecule has 9 heteroatoms. The smallest absolute Gasteiger partial charge is 0.348 e. The summed E-state index contributed by atoms with van der Waals surface area (Å²) >= 11 is 3.31. The Morgan fingerprint density at radius 2 is 1.71 bits per heavy atom. The zero-order chi connectivity index (χ0) is 22.1. The van der Waals surface area contributed by atoms with Crippen LogP contribution in [0.5, 0.6) is 0 Å². The van der Waals surface area contributed by atoms with Crippen LogP contribution in [0.15, 0.2) is 53.0 Å². The summed E-state index contributed by atoms with van der Waals surface area (Å²) in [5.41, 5.74) is 0.938. The average molecular weight is 507 g/mol. The lowest BCUT2D eigenvalue weighted by Crippen LogP contribution is -2.51. The molecular weight excluding hydrogens is 479 g/mol. The minimum Gasteiger partial charge on any atom is -0.591 e. The highest BCUT2D eigenvalue weighted by atomic mass is 79.9. The van der Waals surface area contributed by atoms with Crippen LogP contribution in [-0.4, -0.2) is 56.1 Å². The highest BCUT2D eigenvalue weighted by Gasteiger charge is 2.21.